The number of amides is 1. The molecular weight excluding hydrogens is 226 g/mol. The third-order valence-corrected chi connectivity index (χ3v) is 3.84. The molecule has 98 valence electrons. The highest BCUT2D eigenvalue weighted by Gasteiger charge is 2.44. The van der Waals surface area contributed by atoms with E-state index in [0.717, 1.165) is 17.7 Å². The summed E-state index contributed by atoms with van der Waals surface area (Å²) in [6.45, 7) is 6.88. The Balaban J connectivity index is 2.43. The van der Waals surface area contributed by atoms with Gasteiger partial charge in [-0.05, 0) is 19.4 Å². The van der Waals surface area contributed by atoms with Crippen molar-refractivity contribution in [1.82, 2.24) is 5.32 Å². The fourth-order valence-corrected chi connectivity index (χ4v) is 2.92. The lowest BCUT2D eigenvalue weighted by atomic mass is 9.74. The molecule has 0 aliphatic carbocycles. The van der Waals surface area contributed by atoms with Crippen LogP contribution in [0.15, 0.2) is 24.3 Å². The van der Waals surface area contributed by atoms with E-state index in [1.807, 2.05) is 25.1 Å². The fourth-order valence-electron chi connectivity index (χ4n) is 2.92. The van der Waals surface area contributed by atoms with Gasteiger partial charge < -0.3 is 10.1 Å². The first-order chi connectivity index (χ1) is 8.61. The molecule has 0 radical (unpaired) electrons. The second-order valence-corrected chi connectivity index (χ2v) is 5.05. The average Bonchev–Trinajstić information content (AvgIpc) is 2.66. The van der Waals surface area contributed by atoms with Gasteiger partial charge in [0, 0.05) is 23.4 Å². The van der Waals surface area contributed by atoms with E-state index in [2.05, 4.69) is 25.2 Å². The number of carbonyl (C=O) groups excluding carboxylic acids is 1. The molecule has 1 N–H and O–H groups in total. The van der Waals surface area contributed by atoms with E-state index in [9.17, 15) is 4.79 Å². The minimum Gasteiger partial charge on any atom is -0.494 e. The molecule has 1 heterocycles. The molecule has 1 aliphatic heterocycles. The van der Waals surface area contributed by atoms with E-state index < -0.39 is 0 Å². The number of rotatable bonds is 4. The molecule has 3 heteroatoms. The third kappa shape index (κ3) is 2.09. The molecule has 1 aromatic rings. The van der Waals surface area contributed by atoms with E-state index in [0.29, 0.717) is 13.0 Å². The van der Waals surface area contributed by atoms with Crippen molar-refractivity contribution >= 4 is 5.91 Å². The molecule has 1 aromatic carbocycles. The van der Waals surface area contributed by atoms with Gasteiger partial charge in [0.05, 0.1) is 6.61 Å². The summed E-state index contributed by atoms with van der Waals surface area (Å²) in [5, 5.41) is 3.07. The van der Waals surface area contributed by atoms with Gasteiger partial charge in [-0.15, -0.1) is 0 Å². The fraction of sp³-hybridized carbons (Fsp3) is 0.533. The predicted molar refractivity (Wildman–Crippen MR) is 71.8 cm³/mol. The summed E-state index contributed by atoms with van der Waals surface area (Å²) < 4.78 is 5.70. The number of hydrogen-bond acceptors (Lipinski definition) is 2. The molecule has 0 saturated carbocycles. The molecule has 3 nitrogen and oxygen atoms in total. The van der Waals surface area contributed by atoms with Crippen molar-refractivity contribution in [3.63, 3.8) is 0 Å². The van der Waals surface area contributed by atoms with E-state index in [4.69, 9.17) is 4.74 Å². The van der Waals surface area contributed by atoms with E-state index in [1.165, 1.54) is 0 Å². The van der Waals surface area contributed by atoms with Gasteiger partial charge in [0.25, 0.3) is 0 Å². The van der Waals surface area contributed by atoms with Crippen LogP contribution in [-0.4, -0.2) is 18.6 Å². The van der Waals surface area contributed by atoms with Gasteiger partial charge in [0.15, 0.2) is 0 Å². The van der Waals surface area contributed by atoms with E-state index in [1.54, 1.807) is 0 Å². The maximum Gasteiger partial charge on any atom is 0.221 e. The first kappa shape index (κ1) is 12.9. The van der Waals surface area contributed by atoms with Crippen LogP contribution in [0.2, 0.25) is 0 Å². The van der Waals surface area contributed by atoms with Crippen molar-refractivity contribution in [2.75, 3.05) is 6.61 Å². The van der Waals surface area contributed by atoms with Crippen molar-refractivity contribution in [2.24, 2.45) is 0 Å². The second-order valence-electron chi connectivity index (χ2n) is 5.05. The molecule has 0 bridgehead atoms. The summed E-state index contributed by atoms with van der Waals surface area (Å²) >= 11 is 0. The summed E-state index contributed by atoms with van der Waals surface area (Å²) in [5.74, 6) is 1.04. The number of nitrogens with one attached hydrogen (secondary N) is 1. The largest absolute Gasteiger partial charge is 0.494 e. The van der Waals surface area contributed by atoms with Gasteiger partial charge >= 0.3 is 0 Å². The van der Waals surface area contributed by atoms with Crippen molar-refractivity contribution < 1.29 is 9.53 Å². The molecule has 1 aliphatic rings. The summed E-state index contributed by atoms with van der Waals surface area (Å²) in [6.07, 6.45) is 1.47. The monoisotopic (exact) mass is 247 g/mol. The molecule has 18 heavy (non-hydrogen) atoms. The van der Waals surface area contributed by atoms with Crippen LogP contribution < -0.4 is 10.1 Å². The zero-order valence-electron chi connectivity index (χ0n) is 11.3. The Bertz CT molecular complexity index is 444. The van der Waals surface area contributed by atoms with E-state index in [-0.39, 0.29) is 17.4 Å². The maximum absolute atomic E-state index is 11.7. The Morgan fingerprint density at radius 2 is 2.11 bits per heavy atom. The summed E-state index contributed by atoms with van der Waals surface area (Å²) in [4.78, 5) is 11.7. The van der Waals surface area contributed by atoms with Crippen LogP contribution >= 0.6 is 0 Å². The molecule has 0 spiro atoms. The number of para-hydroxylation sites is 1. The van der Waals surface area contributed by atoms with Crippen molar-refractivity contribution in [3.8, 4) is 5.75 Å². The van der Waals surface area contributed by atoms with Crippen LogP contribution in [0.3, 0.4) is 0 Å². The Morgan fingerprint density at radius 1 is 1.39 bits per heavy atom. The Hall–Kier alpha value is -1.51. The molecule has 0 aromatic heterocycles. The molecule has 2 rings (SSSR count). The minimum absolute atomic E-state index is 0.135. The number of hydrogen-bond donors (Lipinski definition) is 1. The molecule has 1 fully saturated rings. The smallest absolute Gasteiger partial charge is 0.221 e. The van der Waals surface area contributed by atoms with Gasteiger partial charge in [-0.2, -0.15) is 0 Å². The molecule has 2 atom stereocenters. The number of carbonyl (C=O) groups is 1. The van der Waals surface area contributed by atoms with Gasteiger partial charge in [0.1, 0.15) is 5.75 Å². The standard InChI is InChI=1S/C15H21NO2/c1-4-13-15(3,10-14(17)16-13)11-8-6-7-9-12(11)18-5-2/h6-9,13H,4-5,10H2,1-3H3,(H,16,17). The van der Waals surface area contributed by atoms with Crippen LogP contribution in [0.1, 0.15) is 39.2 Å². The van der Waals surface area contributed by atoms with Crippen LogP contribution in [0, 0.1) is 0 Å². The van der Waals surface area contributed by atoms with Crippen LogP contribution in [-0.2, 0) is 10.2 Å². The van der Waals surface area contributed by atoms with Crippen molar-refractivity contribution in [2.45, 2.75) is 45.1 Å². The Kier molecular flexibility index (Phi) is 3.60. The Morgan fingerprint density at radius 3 is 2.78 bits per heavy atom. The molecule has 1 amide bonds. The molecular formula is C15H21NO2. The Labute approximate surface area is 109 Å². The van der Waals surface area contributed by atoms with Crippen molar-refractivity contribution in [1.29, 1.82) is 0 Å². The van der Waals surface area contributed by atoms with Gasteiger partial charge in [0.2, 0.25) is 5.91 Å². The zero-order valence-corrected chi connectivity index (χ0v) is 11.3. The second kappa shape index (κ2) is 5.01. The van der Waals surface area contributed by atoms with Gasteiger partial charge in [-0.25, -0.2) is 0 Å². The lowest BCUT2D eigenvalue weighted by Crippen LogP contribution is -2.38. The minimum atomic E-state index is -0.169. The van der Waals surface area contributed by atoms with E-state index >= 15 is 0 Å². The number of benzene rings is 1. The highest BCUT2D eigenvalue weighted by molar-refractivity contribution is 5.81. The first-order valence-corrected chi connectivity index (χ1v) is 6.63. The third-order valence-electron chi connectivity index (χ3n) is 3.84. The molecule has 2 unspecified atom stereocenters. The lowest BCUT2D eigenvalue weighted by Gasteiger charge is -2.31. The summed E-state index contributed by atoms with van der Waals surface area (Å²) in [6, 6.07) is 8.24. The van der Waals surface area contributed by atoms with Gasteiger partial charge in [-0.1, -0.05) is 32.0 Å². The lowest BCUT2D eigenvalue weighted by molar-refractivity contribution is -0.119. The average molecular weight is 247 g/mol. The normalized spacial score (nSPS) is 27.1. The van der Waals surface area contributed by atoms with Crippen molar-refractivity contribution in [3.05, 3.63) is 29.8 Å². The highest BCUT2D eigenvalue weighted by atomic mass is 16.5. The summed E-state index contributed by atoms with van der Waals surface area (Å²) in [7, 11) is 0. The quantitative estimate of drug-likeness (QED) is 0.888. The predicted octanol–water partition coefficient (Wildman–Crippen LogP) is 2.64. The first-order valence-electron chi connectivity index (χ1n) is 6.63. The van der Waals surface area contributed by atoms with Crippen LogP contribution in [0.5, 0.6) is 5.75 Å². The maximum atomic E-state index is 11.7. The van der Waals surface area contributed by atoms with Crippen LogP contribution in [0.25, 0.3) is 0 Å². The number of ether oxygens (including phenoxy) is 1. The topological polar surface area (TPSA) is 38.3 Å². The van der Waals surface area contributed by atoms with Gasteiger partial charge in [-0.3, -0.25) is 4.79 Å². The highest BCUT2D eigenvalue weighted by Crippen LogP contribution is 2.41. The SMILES string of the molecule is CCOc1ccccc1C1(C)CC(=O)NC1CC. The molecule has 1 saturated heterocycles. The summed E-state index contributed by atoms with van der Waals surface area (Å²) in [5.41, 5.74) is 0.967. The zero-order chi connectivity index (χ0) is 13.2. The van der Waals surface area contributed by atoms with Crippen LogP contribution in [0.4, 0.5) is 0 Å².